The van der Waals surface area contributed by atoms with Gasteiger partial charge in [0.2, 0.25) is 0 Å². The van der Waals surface area contributed by atoms with Gasteiger partial charge in [0, 0.05) is 5.69 Å². The average molecular weight is 232 g/mol. The predicted molar refractivity (Wildman–Crippen MR) is 66.5 cm³/mol. The highest BCUT2D eigenvalue weighted by Crippen LogP contribution is 2.29. The molecule has 1 aliphatic rings. The molecule has 1 aromatic rings. The van der Waals surface area contributed by atoms with E-state index in [0.29, 0.717) is 0 Å². The number of aromatic nitrogens is 1. The number of hydrogen-bond acceptors (Lipinski definition) is 3. The van der Waals surface area contributed by atoms with E-state index >= 15 is 0 Å². The third-order valence-electron chi connectivity index (χ3n) is 3.00. The molecule has 84 valence electrons. The molecule has 0 fully saturated rings. The van der Waals surface area contributed by atoms with Crippen molar-refractivity contribution in [3.63, 3.8) is 0 Å². The van der Waals surface area contributed by atoms with Crippen molar-refractivity contribution in [2.45, 2.75) is 38.1 Å². The zero-order chi connectivity index (χ0) is 11.5. The molecule has 1 unspecified atom stereocenters. The number of thioether (sulfide) groups is 1. The van der Waals surface area contributed by atoms with E-state index < -0.39 is 0 Å². The van der Waals surface area contributed by atoms with Crippen LogP contribution in [-0.4, -0.2) is 10.7 Å². The first-order valence-corrected chi connectivity index (χ1v) is 6.78. The first-order valence-electron chi connectivity index (χ1n) is 5.80. The second kappa shape index (κ2) is 4.88. The Hall–Kier alpha value is -1.01. The number of nitriles is 1. The van der Waals surface area contributed by atoms with Crippen LogP contribution in [0, 0.1) is 17.2 Å². The maximum absolute atomic E-state index is 9.11. The quantitative estimate of drug-likeness (QED) is 0.735. The lowest BCUT2D eigenvalue weighted by molar-refractivity contribution is 0.491. The van der Waals surface area contributed by atoms with Gasteiger partial charge in [0.1, 0.15) is 11.1 Å². The molecule has 0 amide bonds. The van der Waals surface area contributed by atoms with Gasteiger partial charge in [0.25, 0.3) is 0 Å². The zero-order valence-corrected chi connectivity index (χ0v) is 10.6. The lowest BCUT2D eigenvalue weighted by Crippen LogP contribution is -2.14. The lowest BCUT2D eigenvalue weighted by atomic mass is 9.87. The minimum absolute atomic E-state index is 0.727. The molecule has 0 aromatic carbocycles. The fraction of sp³-hybridized carbons (Fsp3) is 0.538. The van der Waals surface area contributed by atoms with Gasteiger partial charge >= 0.3 is 0 Å². The molecule has 2 rings (SSSR count). The molecule has 3 heteroatoms. The zero-order valence-electron chi connectivity index (χ0n) is 9.79. The van der Waals surface area contributed by atoms with Crippen LogP contribution in [0.5, 0.6) is 0 Å². The van der Waals surface area contributed by atoms with Gasteiger partial charge in [0.05, 0.1) is 5.56 Å². The Morgan fingerprint density at radius 3 is 3.12 bits per heavy atom. The van der Waals surface area contributed by atoms with Gasteiger partial charge in [-0.25, -0.2) is 4.98 Å². The molecule has 0 radical (unpaired) electrons. The summed E-state index contributed by atoms with van der Waals surface area (Å²) in [7, 11) is 0. The Bertz CT molecular complexity index is 434. The monoisotopic (exact) mass is 232 g/mol. The van der Waals surface area contributed by atoms with Crippen LogP contribution in [0.15, 0.2) is 11.1 Å². The van der Waals surface area contributed by atoms with Crippen molar-refractivity contribution in [2.24, 2.45) is 5.92 Å². The summed E-state index contributed by atoms with van der Waals surface area (Å²) in [5, 5.41) is 10.0. The fourth-order valence-electron chi connectivity index (χ4n) is 2.15. The summed E-state index contributed by atoms with van der Waals surface area (Å²) >= 11 is 1.67. The number of hydrogen-bond donors (Lipinski definition) is 0. The number of pyridine rings is 1. The number of rotatable bonds is 2. The molecule has 0 aliphatic heterocycles. The Morgan fingerprint density at radius 1 is 1.62 bits per heavy atom. The largest absolute Gasteiger partial charge is 0.245 e. The van der Waals surface area contributed by atoms with E-state index in [1.165, 1.54) is 17.7 Å². The number of aryl methyl sites for hydroxylation is 1. The standard InChI is InChI=1S/C13H16N2S/c1-3-16-13-11(8-14)7-10-6-9(2)4-5-12(10)15-13/h7,9H,3-6H2,1-2H3. The first-order chi connectivity index (χ1) is 7.74. The van der Waals surface area contributed by atoms with Crippen molar-refractivity contribution in [1.29, 1.82) is 5.26 Å². The molecule has 0 bridgehead atoms. The molecule has 0 saturated heterocycles. The van der Waals surface area contributed by atoms with Crippen LogP contribution in [0.3, 0.4) is 0 Å². The van der Waals surface area contributed by atoms with Gasteiger partial charge in [-0.3, -0.25) is 0 Å². The summed E-state index contributed by atoms with van der Waals surface area (Å²) in [6.45, 7) is 4.36. The Kier molecular flexibility index (Phi) is 3.50. The Morgan fingerprint density at radius 2 is 2.44 bits per heavy atom. The van der Waals surface area contributed by atoms with Gasteiger partial charge in [-0.2, -0.15) is 5.26 Å². The van der Waals surface area contributed by atoms with Crippen LogP contribution in [0.2, 0.25) is 0 Å². The summed E-state index contributed by atoms with van der Waals surface area (Å²) in [6, 6.07) is 4.31. The molecule has 0 saturated carbocycles. The summed E-state index contributed by atoms with van der Waals surface area (Å²) in [6.07, 6.45) is 3.37. The topological polar surface area (TPSA) is 36.7 Å². The molecule has 0 spiro atoms. The molecule has 16 heavy (non-hydrogen) atoms. The van der Waals surface area contributed by atoms with E-state index in [-0.39, 0.29) is 0 Å². The van der Waals surface area contributed by atoms with Crippen molar-refractivity contribution in [2.75, 3.05) is 5.75 Å². The smallest absolute Gasteiger partial charge is 0.114 e. The highest BCUT2D eigenvalue weighted by Gasteiger charge is 2.18. The molecular formula is C13H16N2S. The van der Waals surface area contributed by atoms with Crippen molar-refractivity contribution in [3.8, 4) is 6.07 Å². The third kappa shape index (κ3) is 2.22. The van der Waals surface area contributed by atoms with Gasteiger partial charge in [-0.05, 0) is 42.6 Å². The van der Waals surface area contributed by atoms with Gasteiger partial charge in [-0.1, -0.05) is 13.8 Å². The number of nitrogens with zero attached hydrogens (tertiary/aromatic N) is 2. The average Bonchev–Trinajstić information content (AvgIpc) is 2.29. The highest BCUT2D eigenvalue weighted by atomic mass is 32.2. The summed E-state index contributed by atoms with van der Waals surface area (Å²) < 4.78 is 0. The maximum Gasteiger partial charge on any atom is 0.114 e. The van der Waals surface area contributed by atoms with Crippen LogP contribution in [0.1, 0.15) is 37.1 Å². The second-order valence-corrected chi connectivity index (χ2v) is 5.59. The number of fused-ring (bicyclic) bond motifs is 1. The van der Waals surface area contributed by atoms with Crippen molar-refractivity contribution in [3.05, 3.63) is 22.9 Å². The van der Waals surface area contributed by atoms with Crippen molar-refractivity contribution in [1.82, 2.24) is 4.98 Å². The van der Waals surface area contributed by atoms with Crippen LogP contribution >= 0.6 is 11.8 Å². The fourth-order valence-corrected chi connectivity index (χ4v) is 2.86. The molecule has 0 N–H and O–H groups in total. The normalized spacial score (nSPS) is 18.9. The van der Waals surface area contributed by atoms with Crippen molar-refractivity contribution < 1.29 is 0 Å². The Labute approximate surface area is 101 Å². The second-order valence-electron chi connectivity index (χ2n) is 4.34. The summed E-state index contributed by atoms with van der Waals surface area (Å²) in [5.41, 5.74) is 3.25. The molecule has 1 atom stereocenters. The van der Waals surface area contributed by atoms with Crippen LogP contribution < -0.4 is 0 Å². The Balaban J connectivity index is 2.41. The van der Waals surface area contributed by atoms with Crippen LogP contribution in [0.4, 0.5) is 0 Å². The van der Waals surface area contributed by atoms with E-state index in [2.05, 4.69) is 31.0 Å². The third-order valence-corrected chi connectivity index (χ3v) is 3.87. The minimum atomic E-state index is 0.727. The van der Waals surface area contributed by atoms with E-state index in [9.17, 15) is 0 Å². The van der Waals surface area contributed by atoms with E-state index in [4.69, 9.17) is 5.26 Å². The molecule has 1 heterocycles. The molecular weight excluding hydrogens is 216 g/mol. The molecule has 1 aromatic heterocycles. The van der Waals surface area contributed by atoms with Crippen molar-refractivity contribution >= 4 is 11.8 Å². The predicted octanol–water partition coefficient (Wildman–Crippen LogP) is 3.19. The lowest BCUT2D eigenvalue weighted by Gasteiger charge is -2.21. The van der Waals surface area contributed by atoms with Gasteiger partial charge in [0.15, 0.2) is 0 Å². The maximum atomic E-state index is 9.11. The van der Waals surface area contributed by atoms with Gasteiger partial charge < -0.3 is 0 Å². The van der Waals surface area contributed by atoms with Crippen LogP contribution in [-0.2, 0) is 12.8 Å². The van der Waals surface area contributed by atoms with Crippen LogP contribution in [0.25, 0.3) is 0 Å². The van der Waals surface area contributed by atoms with E-state index in [0.717, 1.165) is 35.1 Å². The summed E-state index contributed by atoms with van der Waals surface area (Å²) in [5.74, 6) is 1.70. The van der Waals surface area contributed by atoms with E-state index in [1.54, 1.807) is 11.8 Å². The molecule has 2 nitrogen and oxygen atoms in total. The SMILES string of the molecule is CCSc1nc2c(cc1C#N)CC(C)CC2. The minimum Gasteiger partial charge on any atom is -0.245 e. The highest BCUT2D eigenvalue weighted by molar-refractivity contribution is 7.99. The first kappa shape index (κ1) is 11.5. The summed E-state index contributed by atoms with van der Waals surface area (Å²) in [4.78, 5) is 4.65. The van der Waals surface area contributed by atoms with Gasteiger partial charge in [-0.15, -0.1) is 11.8 Å². The van der Waals surface area contributed by atoms with E-state index in [1.807, 2.05) is 0 Å². The molecule has 1 aliphatic carbocycles.